The average Bonchev–Trinajstić information content (AvgIpc) is 2.47. The van der Waals surface area contributed by atoms with Gasteiger partial charge in [0.15, 0.2) is 0 Å². The lowest BCUT2D eigenvalue weighted by Gasteiger charge is -2.29. The van der Waals surface area contributed by atoms with Crippen LogP contribution in [-0.4, -0.2) is 11.1 Å². The molecular weight excluding hydrogens is 255 g/mol. The van der Waals surface area contributed by atoms with Crippen LogP contribution in [0.4, 0.5) is 4.39 Å². The van der Waals surface area contributed by atoms with Gasteiger partial charge in [-0.1, -0.05) is 49.4 Å². The van der Waals surface area contributed by atoms with Crippen molar-refractivity contribution in [2.75, 3.05) is 0 Å². The van der Waals surface area contributed by atoms with Crippen LogP contribution in [0.2, 0.25) is 0 Å². The first-order valence-electron chi connectivity index (χ1n) is 6.62. The van der Waals surface area contributed by atoms with Gasteiger partial charge < -0.3 is 5.11 Å². The molecule has 2 aromatic rings. The highest BCUT2D eigenvalue weighted by Crippen LogP contribution is 2.32. The predicted molar refractivity (Wildman–Crippen MR) is 76.2 cm³/mol. The molecule has 0 saturated heterocycles. The van der Waals surface area contributed by atoms with E-state index in [1.54, 1.807) is 12.1 Å². The van der Waals surface area contributed by atoms with Gasteiger partial charge in [-0.25, -0.2) is 4.39 Å². The van der Waals surface area contributed by atoms with Crippen LogP contribution in [0.3, 0.4) is 0 Å². The summed E-state index contributed by atoms with van der Waals surface area (Å²) in [4.78, 5) is 11.9. The Balaban J connectivity index is 2.42. The molecule has 0 amide bonds. The Bertz CT molecular complexity index is 578. The van der Waals surface area contributed by atoms with Crippen molar-refractivity contribution in [2.45, 2.75) is 25.2 Å². The second-order valence-corrected chi connectivity index (χ2v) is 4.91. The quantitative estimate of drug-likeness (QED) is 0.898. The Hall–Kier alpha value is -2.16. The fraction of sp³-hybridized carbons (Fsp3) is 0.235. The Morgan fingerprint density at radius 2 is 1.70 bits per heavy atom. The molecular formula is C17H17FO2. The van der Waals surface area contributed by atoms with Gasteiger partial charge in [0.05, 0.1) is 5.41 Å². The van der Waals surface area contributed by atoms with Gasteiger partial charge in [-0.3, -0.25) is 4.79 Å². The maximum absolute atomic E-state index is 13.0. The van der Waals surface area contributed by atoms with E-state index < -0.39 is 11.4 Å². The summed E-state index contributed by atoms with van der Waals surface area (Å²) < 4.78 is 13.0. The number of benzene rings is 2. The van der Waals surface area contributed by atoms with Gasteiger partial charge in [0.25, 0.3) is 0 Å². The predicted octanol–water partition coefficient (Wildman–Crippen LogP) is 3.80. The molecule has 2 aromatic carbocycles. The van der Waals surface area contributed by atoms with E-state index in [1.165, 1.54) is 12.1 Å². The number of carboxylic acids is 1. The molecule has 0 fully saturated rings. The van der Waals surface area contributed by atoms with Crippen molar-refractivity contribution in [1.82, 2.24) is 0 Å². The van der Waals surface area contributed by atoms with Crippen molar-refractivity contribution < 1.29 is 14.3 Å². The Labute approximate surface area is 117 Å². The van der Waals surface area contributed by atoms with Gasteiger partial charge >= 0.3 is 5.97 Å². The average molecular weight is 272 g/mol. The van der Waals surface area contributed by atoms with Crippen LogP contribution in [0.5, 0.6) is 0 Å². The van der Waals surface area contributed by atoms with E-state index in [0.717, 1.165) is 11.1 Å². The maximum atomic E-state index is 13.0. The normalized spacial score (nSPS) is 13.7. The van der Waals surface area contributed by atoms with Crippen molar-refractivity contribution >= 4 is 5.97 Å². The van der Waals surface area contributed by atoms with E-state index in [0.29, 0.717) is 12.8 Å². The molecule has 0 saturated carbocycles. The largest absolute Gasteiger partial charge is 0.481 e. The zero-order chi connectivity index (χ0) is 14.6. The highest BCUT2D eigenvalue weighted by atomic mass is 19.1. The number of carbonyl (C=O) groups is 1. The topological polar surface area (TPSA) is 37.3 Å². The van der Waals surface area contributed by atoms with Crippen LogP contribution in [0.1, 0.15) is 24.5 Å². The molecule has 1 N–H and O–H groups in total. The summed E-state index contributed by atoms with van der Waals surface area (Å²) >= 11 is 0. The molecule has 0 heterocycles. The summed E-state index contributed by atoms with van der Waals surface area (Å²) in [5.74, 6) is -1.17. The van der Waals surface area contributed by atoms with Crippen molar-refractivity contribution in [3.63, 3.8) is 0 Å². The minimum Gasteiger partial charge on any atom is -0.481 e. The summed E-state index contributed by atoms with van der Waals surface area (Å²) in [5, 5.41) is 9.72. The fourth-order valence-electron chi connectivity index (χ4n) is 2.49. The van der Waals surface area contributed by atoms with Crippen molar-refractivity contribution in [1.29, 1.82) is 0 Å². The Morgan fingerprint density at radius 3 is 2.20 bits per heavy atom. The second-order valence-electron chi connectivity index (χ2n) is 4.91. The summed E-state index contributed by atoms with van der Waals surface area (Å²) in [6.07, 6.45) is 0.826. The minimum atomic E-state index is -0.973. The van der Waals surface area contributed by atoms with Crippen LogP contribution in [0.15, 0.2) is 54.6 Å². The first-order chi connectivity index (χ1) is 9.58. The summed E-state index contributed by atoms with van der Waals surface area (Å²) in [6.45, 7) is 1.87. The van der Waals surface area contributed by atoms with E-state index >= 15 is 0 Å². The highest BCUT2D eigenvalue weighted by molar-refractivity contribution is 5.81. The van der Waals surface area contributed by atoms with Gasteiger partial charge in [-0.05, 0) is 36.1 Å². The number of hydrogen-bond acceptors (Lipinski definition) is 1. The molecule has 20 heavy (non-hydrogen) atoms. The molecule has 1 unspecified atom stereocenters. The highest BCUT2D eigenvalue weighted by Gasteiger charge is 2.38. The van der Waals surface area contributed by atoms with E-state index in [-0.39, 0.29) is 5.82 Å². The SMILES string of the molecule is CCC(Cc1ccc(F)cc1)(C(=O)O)c1ccccc1. The molecule has 104 valence electrons. The smallest absolute Gasteiger partial charge is 0.314 e. The van der Waals surface area contributed by atoms with E-state index in [9.17, 15) is 14.3 Å². The van der Waals surface area contributed by atoms with Gasteiger partial charge in [-0.2, -0.15) is 0 Å². The summed E-state index contributed by atoms with van der Waals surface area (Å²) in [7, 11) is 0. The van der Waals surface area contributed by atoms with Crippen LogP contribution in [-0.2, 0) is 16.6 Å². The lowest BCUT2D eigenvalue weighted by Crippen LogP contribution is -2.37. The standard InChI is InChI=1S/C17H17FO2/c1-2-17(16(19)20,14-6-4-3-5-7-14)12-13-8-10-15(18)11-9-13/h3-11H,2,12H2,1H3,(H,19,20). The summed E-state index contributed by atoms with van der Waals surface area (Å²) in [6, 6.07) is 15.2. The number of hydrogen-bond donors (Lipinski definition) is 1. The van der Waals surface area contributed by atoms with E-state index in [4.69, 9.17) is 0 Å². The van der Waals surface area contributed by atoms with Gasteiger partial charge in [-0.15, -0.1) is 0 Å². The second kappa shape index (κ2) is 5.87. The molecule has 2 rings (SSSR count). The van der Waals surface area contributed by atoms with Gasteiger partial charge in [0.2, 0.25) is 0 Å². The first kappa shape index (κ1) is 14.3. The molecule has 1 atom stereocenters. The van der Waals surface area contributed by atoms with Crippen molar-refractivity contribution in [2.24, 2.45) is 0 Å². The maximum Gasteiger partial charge on any atom is 0.314 e. The van der Waals surface area contributed by atoms with Crippen molar-refractivity contribution in [3.05, 3.63) is 71.5 Å². The number of rotatable bonds is 5. The van der Waals surface area contributed by atoms with E-state index in [2.05, 4.69) is 0 Å². The van der Waals surface area contributed by atoms with Crippen LogP contribution >= 0.6 is 0 Å². The molecule has 0 aliphatic carbocycles. The molecule has 0 aromatic heterocycles. The zero-order valence-corrected chi connectivity index (χ0v) is 11.3. The molecule has 0 spiro atoms. The Morgan fingerprint density at radius 1 is 1.10 bits per heavy atom. The molecule has 3 heteroatoms. The van der Waals surface area contributed by atoms with Gasteiger partial charge in [0, 0.05) is 0 Å². The lowest BCUT2D eigenvalue weighted by atomic mass is 9.73. The fourth-order valence-corrected chi connectivity index (χ4v) is 2.49. The van der Waals surface area contributed by atoms with Gasteiger partial charge in [0.1, 0.15) is 5.82 Å². The Kier molecular flexibility index (Phi) is 4.18. The monoisotopic (exact) mass is 272 g/mol. The number of carboxylic acid groups (broad SMARTS) is 1. The van der Waals surface area contributed by atoms with Crippen LogP contribution in [0.25, 0.3) is 0 Å². The third kappa shape index (κ3) is 2.72. The van der Waals surface area contributed by atoms with Crippen LogP contribution in [0, 0.1) is 5.82 Å². The summed E-state index contributed by atoms with van der Waals surface area (Å²) in [5.41, 5.74) is 0.623. The zero-order valence-electron chi connectivity index (χ0n) is 11.3. The first-order valence-corrected chi connectivity index (χ1v) is 6.62. The molecule has 0 aliphatic heterocycles. The number of halogens is 1. The minimum absolute atomic E-state index is 0.314. The lowest BCUT2D eigenvalue weighted by molar-refractivity contribution is -0.144. The molecule has 0 aliphatic rings. The van der Waals surface area contributed by atoms with Crippen molar-refractivity contribution in [3.8, 4) is 0 Å². The third-order valence-corrected chi connectivity index (χ3v) is 3.76. The molecule has 0 radical (unpaired) electrons. The number of aliphatic carboxylic acids is 1. The van der Waals surface area contributed by atoms with Crippen LogP contribution < -0.4 is 0 Å². The molecule has 2 nitrogen and oxygen atoms in total. The molecule has 0 bridgehead atoms. The third-order valence-electron chi connectivity index (χ3n) is 3.76. The van der Waals surface area contributed by atoms with E-state index in [1.807, 2.05) is 37.3 Å².